The van der Waals surface area contributed by atoms with Gasteiger partial charge in [-0.2, -0.15) is 0 Å². The van der Waals surface area contributed by atoms with Crippen LogP contribution < -0.4 is 21.1 Å². The molecule has 11 nitrogen and oxygen atoms in total. The average Bonchev–Trinajstić information content (AvgIpc) is 3.01. The number of nitrogens with one attached hydrogen (secondary N) is 2. The van der Waals surface area contributed by atoms with Crippen LogP contribution in [0, 0.1) is 11.8 Å². The summed E-state index contributed by atoms with van der Waals surface area (Å²) in [6, 6.07) is 6.43. The van der Waals surface area contributed by atoms with E-state index in [9.17, 15) is 19.2 Å². The number of nitrogens with two attached hydrogens (primary N) is 1. The molecule has 0 saturated carbocycles. The average molecular weight is 641 g/mol. The molecule has 0 fully saturated rings. The summed E-state index contributed by atoms with van der Waals surface area (Å²) in [6.45, 7) is 5.36. The van der Waals surface area contributed by atoms with Crippen molar-refractivity contribution in [3.63, 3.8) is 0 Å². The fourth-order valence-corrected chi connectivity index (χ4v) is 4.81. The molecular weight excluding hydrogens is 600 g/mol. The Morgan fingerprint density at radius 2 is 1.82 bits per heavy atom. The number of benzene rings is 1. The van der Waals surface area contributed by atoms with Crippen molar-refractivity contribution in [2.45, 2.75) is 64.3 Å². The summed E-state index contributed by atoms with van der Waals surface area (Å²) in [7, 11) is 1.49. The number of aromatic nitrogens is 1. The minimum atomic E-state index is -1.27. The van der Waals surface area contributed by atoms with Gasteiger partial charge >= 0.3 is 11.9 Å². The fourth-order valence-electron chi connectivity index (χ4n) is 4.53. The molecule has 3 rings (SSSR count). The fraction of sp³-hybridized carbons (Fsp3) is 0.424. The number of nitrogens with zero attached hydrogens (tertiary/aromatic N) is 1. The van der Waals surface area contributed by atoms with Gasteiger partial charge in [-0.1, -0.05) is 56.7 Å². The highest BCUT2D eigenvalue weighted by Gasteiger charge is 2.32. The number of ether oxygens (including phenoxy) is 3. The van der Waals surface area contributed by atoms with Crippen LogP contribution in [0.4, 0.5) is 0 Å². The van der Waals surface area contributed by atoms with Gasteiger partial charge in [-0.05, 0) is 53.8 Å². The van der Waals surface area contributed by atoms with Gasteiger partial charge < -0.3 is 30.6 Å². The van der Waals surface area contributed by atoms with E-state index in [1.807, 2.05) is 45.1 Å². The second-order valence-electron chi connectivity index (χ2n) is 11.3. The molecule has 0 saturated heterocycles. The van der Waals surface area contributed by atoms with Crippen LogP contribution in [0.1, 0.15) is 44.7 Å². The van der Waals surface area contributed by atoms with Crippen LogP contribution in [-0.2, 0) is 35.1 Å². The SMILES string of the molecule is COc1ccc(C[C@H]2NC(=O)/C=C/C[C@@H]([C@H](C)/C=C/c3ccncc3)OC(=O)[C@H](CC(C)C)OC(=O)[C@H](N)CNC2=O)cc1Cl. The van der Waals surface area contributed by atoms with Crippen molar-refractivity contribution in [3.8, 4) is 5.75 Å². The number of esters is 2. The molecule has 0 aliphatic carbocycles. The molecule has 1 aromatic carbocycles. The highest BCUT2D eigenvalue weighted by atomic mass is 35.5. The van der Waals surface area contributed by atoms with Gasteiger partial charge in [0.1, 0.15) is 23.9 Å². The Bertz CT molecular complexity index is 1380. The highest BCUT2D eigenvalue weighted by Crippen LogP contribution is 2.25. The first-order valence-corrected chi connectivity index (χ1v) is 15.2. The smallest absolute Gasteiger partial charge is 0.347 e. The van der Waals surface area contributed by atoms with E-state index in [-0.39, 0.29) is 37.6 Å². The van der Waals surface area contributed by atoms with Gasteiger partial charge in [0, 0.05) is 37.7 Å². The second-order valence-corrected chi connectivity index (χ2v) is 11.7. The largest absolute Gasteiger partial charge is 0.495 e. The van der Waals surface area contributed by atoms with Gasteiger partial charge in [0.25, 0.3) is 0 Å². The highest BCUT2D eigenvalue weighted by molar-refractivity contribution is 6.32. The number of hydrogen-bond donors (Lipinski definition) is 3. The molecule has 5 atom stereocenters. The number of methoxy groups -OCH3 is 1. The van der Waals surface area contributed by atoms with Crippen molar-refractivity contribution in [1.29, 1.82) is 0 Å². The van der Waals surface area contributed by atoms with E-state index in [1.54, 1.807) is 36.7 Å². The van der Waals surface area contributed by atoms with Crippen LogP contribution in [0.3, 0.4) is 0 Å². The van der Waals surface area contributed by atoms with Crippen LogP contribution in [0.15, 0.2) is 61.0 Å². The lowest BCUT2D eigenvalue weighted by Crippen LogP contribution is -2.52. The Labute approximate surface area is 268 Å². The van der Waals surface area contributed by atoms with Crippen LogP contribution in [0.25, 0.3) is 6.08 Å². The molecule has 1 aliphatic heterocycles. The predicted octanol–water partition coefficient (Wildman–Crippen LogP) is 3.39. The first-order valence-electron chi connectivity index (χ1n) is 14.8. The molecule has 0 unspecified atom stereocenters. The number of hydrogen-bond acceptors (Lipinski definition) is 9. The topological polar surface area (TPSA) is 159 Å². The van der Waals surface area contributed by atoms with E-state index in [0.717, 1.165) is 5.56 Å². The normalized spacial score (nSPS) is 23.5. The van der Waals surface area contributed by atoms with E-state index in [2.05, 4.69) is 15.6 Å². The summed E-state index contributed by atoms with van der Waals surface area (Å²) >= 11 is 6.27. The maximum absolute atomic E-state index is 13.3. The van der Waals surface area contributed by atoms with Crippen molar-refractivity contribution >= 4 is 41.4 Å². The summed E-state index contributed by atoms with van der Waals surface area (Å²) in [5.74, 6) is -2.51. The molecule has 2 amide bonds. The molecule has 0 bridgehead atoms. The van der Waals surface area contributed by atoms with Gasteiger partial charge in [0.15, 0.2) is 6.10 Å². The summed E-state index contributed by atoms with van der Waals surface area (Å²) in [5.41, 5.74) is 7.63. The van der Waals surface area contributed by atoms with Crippen molar-refractivity contribution in [2.24, 2.45) is 17.6 Å². The monoisotopic (exact) mass is 640 g/mol. The molecule has 0 spiro atoms. The molecule has 12 heteroatoms. The predicted molar refractivity (Wildman–Crippen MR) is 170 cm³/mol. The van der Waals surface area contributed by atoms with E-state index in [4.69, 9.17) is 31.5 Å². The molecule has 1 aromatic heterocycles. The third-order valence-electron chi connectivity index (χ3n) is 7.08. The Hall–Kier alpha value is -4.22. The molecule has 242 valence electrons. The Morgan fingerprint density at radius 1 is 1.09 bits per heavy atom. The van der Waals surface area contributed by atoms with Crippen LogP contribution >= 0.6 is 11.6 Å². The molecular formula is C33H41ClN4O7. The maximum Gasteiger partial charge on any atom is 0.347 e. The lowest BCUT2D eigenvalue weighted by molar-refractivity contribution is -0.174. The summed E-state index contributed by atoms with van der Waals surface area (Å²) in [4.78, 5) is 56.4. The third-order valence-corrected chi connectivity index (χ3v) is 7.38. The number of pyridine rings is 1. The van der Waals surface area contributed by atoms with Gasteiger partial charge in [-0.25, -0.2) is 4.79 Å². The quantitative estimate of drug-likeness (QED) is 0.368. The number of halogens is 1. The molecule has 2 heterocycles. The number of carbonyl (C=O) groups is 4. The first kappa shape index (κ1) is 35.3. The summed E-state index contributed by atoms with van der Waals surface area (Å²) in [5, 5.41) is 5.65. The number of carbonyl (C=O) groups excluding carboxylic acids is 4. The number of amides is 2. The van der Waals surface area contributed by atoms with Gasteiger partial charge in [0.2, 0.25) is 11.8 Å². The van der Waals surface area contributed by atoms with Crippen molar-refractivity contribution in [3.05, 3.63) is 77.1 Å². The van der Waals surface area contributed by atoms with E-state index < -0.39 is 48.0 Å². The lowest BCUT2D eigenvalue weighted by atomic mass is 9.99. The molecule has 2 aromatic rings. The Morgan fingerprint density at radius 3 is 2.49 bits per heavy atom. The van der Waals surface area contributed by atoms with Crippen LogP contribution in [0.2, 0.25) is 5.02 Å². The first-order chi connectivity index (χ1) is 21.5. The molecule has 0 radical (unpaired) electrons. The number of cyclic esters (lactones) is 2. The standard InChI is InChI=1S/C33H41ClN4O7/c1-20(2)16-29-33(42)44-27(21(3)8-9-22-12-14-36-15-13-22)6-5-7-30(39)38-26(31(40)37-19-25(35)32(41)45-29)18-23-10-11-28(43-4)24(34)17-23/h5,7-15,17,20-21,25-27,29H,6,16,18-19,35H2,1-4H3,(H,37,40)(H,38,39)/b7-5+,9-8+/t21-,25-,26-,27+,29+/m1/s1. The zero-order valence-electron chi connectivity index (χ0n) is 25.9. The van der Waals surface area contributed by atoms with Gasteiger partial charge in [-0.3, -0.25) is 19.4 Å². The van der Waals surface area contributed by atoms with E-state index in [1.165, 1.54) is 13.2 Å². The van der Waals surface area contributed by atoms with Crippen LogP contribution in [0.5, 0.6) is 5.75 Å². The van der Waals surface area contributed by atoms with Crippen molar-refractivity contribution in [2.75, 3.05) is 13.7 Å². The summed E-state index contributed by atoms with van der Waals surface area (Å²) in [6.07, 6.45) is 8.57. The zero-order valence-corrected chi connectivity index (χ0v) is 26.7. The third kappa shape index (κ3) is 11.3. The summed E-state index contributed by atoms with van der Waals surface area (Å²) < 4.78 is 16.6. The maximum atomic E-state index is 13.3. The molecule has 45 heavy (non-hydrogen) atoms. The second kappa shape index (κ2) is 17.3. The van der Waals surface area contributed by atoms with Crippen molar-refractivity contribution in [1.82, 2.24) is 15.6 Å². The minimum Gasteiger partial charge on any atom is -0.495 e. The van der Waals surface area contributed by atoms with Crippen LogP contribution in [-0.4, -0.2) is 66.7 Å². The molecule has 1 aliphatic rings. The lowest BCUT2D eigenvalue weighted by Gasteiger charge is -2.26. The molecule has 4 N–H and O–H groups in total. The Balaban J connectivity index is 1.89. The number of rotatable bonds is 8. The van der Waals surface area contributed by atoms with E-state index in [0.29, 0.717) is 16.3 Å². The minimum absolute atomic E-state index is 0.00450. The van der Waals surface area contributed by atoms with E-state index >= 15 is 0 Å². The van der Waals surface area contributed by atoms with Gasteiger partial charge in [0.05, 0.1) is 12.1 Å². The van der Waals surface area contributed by atoms with Gasteiger partial charge in [-0.15, -0.1) is 0 Å². The zero-order chi connectivity index (χ0) is 32.9. The van der Waals surface area contributed by atoms with Crippen molar-refractivity contribution < 1.29 is 33.4 Å². The Kier molecular flexibility index (Phi) is 13.6.